The summed E-state index contributed by atoms with van der Waals surface area (Å²) in [6, 6.07) is 8.82. The van der Waals surface area contributed by atoms with Crippen molar-refractivity contribution in [1.82, 2.24) is 25.0 Å². The highest BCUT2D eigenvalue weighted by molar-refractivity contribution is 5.79. The maximum Gasteiger partial charge on any atom is 0.143 e. The van der Waals surface area contributed by atoms with E-state index in [1.54, 1.807) is 0 Å². The third-order valence-electron chi connectivity index (χ3n) is 5.89. The van der Waals surface area contributed by atoms with Crippen LogP contribution in [0.25, 0.3) is 22.2 Å². The molecule has 1 atom stereocenters. The van der Waals surface area contributed by atoms with E-state index in [-0.39, 0.29) is 0 Å². The predicted molar refractivity (Wildman–Crippen MR) is 112 cm³/mol. The van der Waals surface area contributed by atoms with Crippen LogP contribution >= 0.6 is 0 Å². The zero-order valence-electron chi connectivity index (χ0n) is 16.9. The summed E-state index contributed by atoms with van der Waals surface area (Å²) in [7, 11) is 0. The lowest BCUT2D eigenvalue weighted by Crippen LogP contribution is -2.20. The minimum absolute atomic E-state index is 0.628. The third kappa shape index (κ3) is 3.68. The molecule has 6 nitrogen and oxygen atoms in total. The molecule has 5 rings (SSSR count). The standard InChI is InChI=1S/C23H25N5O/c1-15-23(16(2)29-27-15)22-12-25-20(11-26-22)9-18-6-8-28(14-18)13-17-3-4-19-5-7-24-21(19)10-17/h3-5,7,10-12,18,24H,6,8-9,13-14H2,1-2H3/t18-/m1/s1. The lowest BCUT2D eigenvalue weighted by molar-refractivity contribution is 0.316. The van der Waals surface area contributed by atoms with Gasteiger partial charge in [-0.05, 0) is 62.2 Å². The molecule has 1 aliphatic heterocycles. The second-order valence-electron chi connectivity index (χ2n) is 8.09. The number of fused-ring (bicyclic) bond motifs is 1. The fourth-order valence-electron chi connectivity index (χ4n) is 4.41. The number of likely N-dealkylation sites (tertiary alicyclic amines) is 1. The van der Waals surface area contributed by atoms with Crippen molar-refractivity contribution in [2.75, 3.05) is 13.1 Å². The summed E-state index contributed by atoms with van der Waals surface area (Å²) in [6.45, 7) is 7.09. The highest BCUT2D eigenvalue weighted by atomic mass is 16.5. The molecule has 1 fully saturated rings. The Kier molecular flexibility index (Phi) is 4.64. The second kappa shape index (κ2) is 7.44. The van der Waals surface area contributed by atoms with Crippen molar-refractivity contribution in [3.8, 4) is 11.3 Å². The van der Waals surface area contributed by atoms with E-state index in [1.807, 2.05) is 32.4 Å². The van der Waals surface area contributed by atoms with Gasteiger partial charge in [-0.25, -0.2) is 0 Å². The molecule has 0 radical (unpaired) electrons. The van der Waals surface area contributed by atoms with Gasteiger partial charge in [0, 0.05) is 31.0 Å². The minimum Gasteiger partial charge on any atom is -0.361 e. The van der Waals surface area contributed by atoms with Gasteiger partial charge >= 0.3 is 0 Å². The first-order chi connectivity index (χ1) is 14.2. The minimum atomic E-state index is 0.628. The van der Waals surface area contributed by atoms with Crippen molar-refractivity contribution in [3.63, 3.8) is 0 Å². The van der Waals surface area contributed by atoms with Crippen LogP contribution in [0.4, 0.5) is 0 Å². The molecular formula is C23H25N5O. The molecule has 0 saturated carbocycles. The SMILES string of the molecule is Cc1noc(C)c1-c1cnc(C[C@H]2CCN(Cc3ccc4cc[nH]c4c3)C2)cn1. The van der Waals surface area contributed by atoms with Crippen LogP contribution in [0.5, 0.6) is 0 Å². The van der Waals surface area contributed by atoms with Gasteiger partial charge in [0.25, 0.3) is 0 Å². The van der Waals surface area contributed by atoms with E-state index < -0.39 is 0 Å². The first kappa shape index (κ1) is 18.1. The summed E-state index contributed by atoms with van der Waals surface area (Å²) < 4.78 is 5.24. The van der Waals surface area contributed by atoms with Gasteiger partial charge in [0.05, 0.1) is 28.8 Å². The second-order valence-corrected chi connectivity index (χ2v) is 8.09. The van der Waals surface area contributed by atoms with Crippen LogP contribution in [0.2, 0.25) is 0 Å². The van der Waals surface area contributed by atoms with Gasteiger partial charge in [-0.3, -0.25) is 14.9 Å². The predicted octanol–water partition coefficient (Wildman–Crippen LogP) is 4.29. The summed E-state index contributed by atoms with van der Waals surface area (Å²) in [6.07, 6.45) is 7.93. The van der Waals surface area contributed by atoms with E-state index in [2.05, 4.69) is 49.3 Å². The van der Waals surface area contributed by atoms with E-state index in [0.29, 0.717) is 5.92 Å². The number of H-pyrrole nitrogens is 1. The maximum atomic E-state index is 5.24. The molecule has 1 aromatic carbocycles. The normalized spacial score (nSPS) is 17.4. The van der Waals surface area contributed by atoms with Gasteiger partial charge in [0.1, 0.15) is 5.76 Å². The van der Waals surface area contributed by atoms with E-state index in [9.17, 15) is 0 Å². The molecular weight excluding hydrogens is 362 g/mol. The molecule has 1 N–H and O–H groups in total. The highest BCUT2D eigenvalue weighted by Gasteiger charge is 2.23. The monoisotopic (exact) mass is 387 g/mol. The van der Waals surface area contributed by atoms with Crippen LogP contribution in [0, 0.1) is 19.8 Å². The number of benzene rings is 1. The number of hydrogen-bond donors (Lipinski definition) is 1. The van der Waals surface area contributed by atoms with Gasteiger partial charge in [-0.15, -0.1) is 0 Å². The molecule has 1 saturated heterocycles. The fraction of sp³-hybridized carbons (Fsp3) is 0.348. The fourth-order valence-corrected chi connectivity index (χ4v) is 4.41. The third-order valence-corrected chi connectivity index (χ3v) is 5.89. The number of aromatic nitrogens is 4. The van der Waals surface area contributed by atoms with Crippen molar-refractivity contribution in [2.24, 2.45) is 5.92 Å². The van der Waals surface area contributed by atoms with Gasteiger partial charge in [-0.1, -0.05) is 17.3 Å². The van der Waals surface area contributed by atoms with Crippen LogP contribution in [0.3, 0.4) is 0 Å². The summed E-state index contributed by atoms with van der Waals surface area (Å²) in [5.41, 5.74) is 6.28. The molecule has 4 heterocycles. The summed E-state index contributed by atoms with van der Waals surface area (Å²) >= 11 is 0. The Balaban J connectivity index is 1.20. The lowest BCUT2D eigenvalue weighted by atomic mass is 10.0. The molecule has 3 aromatic heterocycles. The summed E-state index contributed by atoms with van der Waals surface area (Å²) in [4.78, 5) is 15.1. The van der Waals surface area contributed by atoms with Gasteiger partial charge in [0.2, 0.25) is 0 Å². The van der Waals surface area contributed by atoms with E-state index >= 15 is 0 Å². The molecule has 1 aliphatic rings. The Morgan fingerprint density at radius 3 is 2.90 bits per heavy atom. The lowest BCUT2D eigenvalue weighted by Gasteiger charge is -2.16. The van der Waals surface area contributed by atoms with Crippen molar-refractivity contribution < 1.29 is 4.52 Å². The average Bonchev–Trinajstić information content (AvgIpc) is 3.44. The van der Waals surface area contributed by atoms with E-state index in [1.165, 1.54) is 22.9 Å². The first-order valence-corrected chi connectivity index (χ1v) is 10.2. The number of hydrogen-bond acceptors (Lipinski definition) is 5. The number of nitrogens with zero attached hydrogens (tertiary/aromatic N) is 4. The van der Waals surface area contributed by atoms with Crippen LogP contribution in [0.15, 0.2) is 47.4 Å². The van der Waals surface area contributed by atoms with Crippen LogP contribution in [-0.2, 0) is 13.0 Å². The van der Waals surface area contributed by atoms with Gasteiger partial charge < -0.3 is 9.51 Å². The van der Waals surface area contributed by atoms with Crippen LogP contribution in [0.1, 0.15) is 29.1 Å². The van der Waals surface area contributed by atoms with Crippen molar-refractivity contribution in [3.05, 3.63) is 65.6 Å². The van der Waals surface area contributed by atoms with Crippen LogP contribution < -0.4 is 0 Å². The Morgan fingerprint density at radius 1 is 1.17 bits per heavy atom. The maximum absolute atomic E-state index is 5.24. The molecule has 0 amide bonds. The van der Waals surface area contributed by atoms with E-state index in [4.69, 9.17) is 4.52 Å². The number of nitrogens with one attached hydrogen (secondary N) is 1. The largest absolute Gasteiger partial charge is 0.361 e. The van der Waals surface area contributed by atoms with Gasteiger partial charge in [-0.2, -0.15) is 0 Å². The molecule has 0 unspecified atom stereocenters. The summed E-state index contributed by atoms with van der Waals surface area (Å²) in [5, 5.41) is 5.27. The Labute approximate surface area is 170 Å². The molecule has 6 heteroatoms. The number of aryl methyl sites for hydroxylation is 2. The Hall–Kier alpha value is -2.99. The number of aromatic amines is 1. The molecule has 148 valence electrons. The molecule has 4 aromatic rings. The zero-order chi connectivity index (χ0) is 19.8. The van der Waals surface area contributed by atoms with Crippen molar-refractivity contribution in [2.45, 2.75) is 33.2 Å². The first-order valence-electron chi connectivity index (χ1n) is 10.2. The molecule has 0 spiro atoms. The Bertz CT molecular complexity index is 1110. The summed E-state index contributed by atoms with van der Waals surface area (Å²) in [5.74, 6) is 1.41. The van der Waals surface area contributed by atoms with Gasteiger partial charge in [0.15, 0.2) is 0 Å². The Morgan fingerprint density at radius 2 is 2.10 bits per heavy atom. The van der Waals surface area contributed by atoms with Crippen LogP contribution in [-0.4, -0.2) is 38.1 Å². The molecule has 0 bridgehead atoms. The average molecular weight is 387 g/mol. The van der Waals surface area contributed by atoms with E-state index in [0.717, 1.165) is 54.5 Å². The zero-order valence-corrected chi connectivity index (χ0v) is 16.9. The smallest absolute Gasteiger partial charge is 0.143 e. The van der Waals surface area contributed by atoms with Crippen molar-refractivity contribution in [1.29, 1.82) is 0 Å². The quantitative estimate of drug-likeness (QED) is 0.553. The molecule has 0 aliphatic carbocycles. The topological polar surface area (TPSA) is 70.8 Å². The highest BCUT2D eigenvalue weighted by Crippen LogP contribution is 2.26. The molecule has 29 heavy (non-hydrogen) atoms. The van der Waals surface area contributed by atoms with Crippen molar-refractivity contribution >= 4 is 10.9 Å². The number of rotatable bonds is 5.